The van der Waals surface area contributed by atoms with Gasteiger partial charge in [-0.3, -0.25) is 9.48 Å². The van der Waals surface area contributed by atoms with Crippen molar-refractivity contribution in [1.82, 2.24) is 9.78 Å². The second-order valence-electron chi connectivity index (χ2n) is 4.67. The van der Waals surface area contributed by atoms with Crippen LogP contribution in [0.5, 0.6) is 5.75 Å². The third-order valence-electron chi connectivity index (χ3n) is 2.95. The van der Waals surface area contributed by atoms with Crippen LogP contribution < -0.4 is 10.5 Å². The van der Waals surface area contributed by atoms with Crippen LogP contribution in [0.25, 0.3) is 0 Å². The number of nitrogen functional groups attached to an aromatic ring is 1. The molecule has 0 bridgehead atoms. The van der Waals surface area contributed by atoms with Crippen molar-refractivity contribution in [2.24, 2.45) is 0 Å². The number of aromatic nitrogens is 2. The molecule has 0 fully saturated rings. The minimum absolute atomic E-state index is 0.0436. The number of benzene rings is 1. The van der Waals surface area contributed by atoms with Crippen LogP contribution >= 0.6 is 11.6 Å². The van der Waals surface area contributed by atoms with E-state index in [1.807, 2.05) is 13.8 Å². The van der Waals surface area contributed by atoms with Crippen molar-refractivity contribution in [3.05, 3.63) is 40.7 Å². The first-order chi connectivity index (χ1) is 9.45. The first-order valence-electron chi connectivity index (χ1n) is 6.17. The van der Waals surface area contributed by atoms with Gasteiger partial charge in [0.1, 0.15) is 0 Å². The van der Waals surface area contributed by atoms with E-state index in [9.17, 15) is 4.79 Å². The summed E-state index contributed by atoms with van der Waals surface area (Å²) in [5.74, 6) is 0.242. The molecule has 2 rings (SSSR count). The Balaban J connectivity index is 2.52. The maximum atomic E-state index is 12.6. The van der Waals surface area contributed by atoms with Gasteiger partial charge < -0.3 is 10.5 Å². The van der Waals surface area contributed by atoms with E-state index in [2.05, 4.69) is 5.10 Å². The number of anilines is 1. The number of nitrogens with zero attached hydrogens (tertiary/aromatic N) is 2. The summed E-state index contributed by atoms with van der Waals surface area (Å²) in [6.07, 6.45) is 1.53. The molecular formula is C14H16ClN3O2. The zero-order valence-electron chi connectivity index (χ0n) is 11.6. The minimum atomic E-state index is -0.199. The van der Waals surface area contributed by atoms with Crippen molar-refractivity contribution in [3.8, 4) is 5.75 Å². The summed E-state index contributed by atoms with van der Waals surface area (Å²) in [4.78, 5) is 12.6. The number of ketones is 1. The lowest BCUT2D eigenvalue weighted by Gasteiger charge is -2.11. The van der Waals surface area contributed by atoms with E-state index in [1.165, 1.54) is 13.3 Å². The molecule has 0 aliphatic carbocycles. The Morgan fingerprint density at radius 3 is 2.70 bits per heavy atom. The third kappa shape index (κ3) is 2.49. The van der Waals surface area contributed by atoms with Crippen molar-refractivity contribution >= 4 is 23.1 Å². The van der Waals surface area contributed by atoms with Crippen molar-refractivity contribution in [2.45, 2.75) is 19.9 Å². The summed E-state index contributed by atoms with van der Waals surface area (Å²) < 4.78 is 6.84. The third-order valence-corrected chi connectivity index (χ3v) is 3.28. The normalized spacial score (nSPS) is 10.8. The van der Waals surface area contributed by atoms with Crippen LogP contribution in [0.3, 0.4) is 0 Å². The van der Waals surface area contributed by atoms with Crippen LogP contribution in [0.15, 0.2) is 24.4 Å². The minimum Gasteiger partial charge on any atom is -0.493 e. The zero-order chi connectivity index (χ0) is 14.9. The Labute approximate surface area is 122 Å². The molecule has 2 aromatic rings. The quantitative estimate of drug-likeness (QED) is 0.695. The SMILES string of the molecule is COc1cnn(C(C)C)c1C(=O)c1ccc(N)c(Cl)c1. The average Bonchev–Trinajstić information content (AvgIpc) is 2.85. The maximum Gasteiger partial charge on any atom is 0.214 e. The lowest BCUT2D eigenvalue weighted by atomic mass is 10.1. The van der Waals surface area contributed by atoms with E-state index in [0.29, 0.717) is 27.7 Å². The number of rotatable bonds is 4. The van der Waals surface area contributed by atoms with Crippen molar-refractivity contribution in [1.29, 1.82) is 0 Å². The van der Waals surface area contributed by atoms with Gasteiger partial charge in [0, 0.05) is 11.6 Å². The predicted octanol–water partition coefficient (Wildman–Crippen LogP) is 2.94. The average molecular weight is 294 g/mol. The highest BCUT2D eigenvalue weighted by atomic mass is 35.5. The number of methoxy groups -OCH3 is 1. The molecule has 106 valence electrons. The van der Waals surface area contributed by atoms with Crippen molar-refractivity contribution in [3.63, 3.8) is 0 Å². The molecule has 1 aromatic heterocycles. The first kappa shape index (κ1) is 14.4. The van der Waals surface area contributed by atoms with Gasteiger partial charge in [0.25, 0.3) is 0 Å². The van der Waals surface area contributed by atoms with Gasteiger partial charge in [-0.25, -0.2) is 0 Å². The van der Waals surface area contributed by atoms with Crippen LogP contribution in [0.4, 0.5) is 5.69 Å². The second kappa shape index (κ2) is 5.54. The highest BCUT2D eigenvalue weighted by molar-refractivity contribution is 6.33. The number of hydrogen-bond acceptors (Lipinski definition) is 4. The summed E-state index contributed by atoms with van der Waals surface area (Å²) >= 11 is 5.96. The summed E-state index contributed by atoms with van der Waals surface area (Å²) in [6, 6.07) is 4.84. The smallest absolute Gasteiger partial charge is 0.214 e. The molecule has 0 unspecified atom stereocenters. The lowest BCUT2D eigenvalue weighted by molar-refractivity contribution is 0.102. The number of carbonyl (C=O) groups excluding carboxylic acids is 1. The first-order valence-corrected chi connectivity index (χ1v) is 6.54. The lowest BCUT2D eigenvalue weighted by Crippen LogP contribution is -2.14. The molecule has 20 heavy (non-hydrogen) atoms. The van der Waals surface area contributed by atoms with Gasteiger partial charge in [-0.2, -0.15) is 5.10 Å². The summed E-state index contributed by atoms with van der Waals surface area (Å²) in [6.45, 7) is 3.89. The van der Waals surface area contributed by atoms with Gasteiger partial charge in [0.05, 0.1) is 24.0 Å². The molecule has 0 aliphatic heterocycles. The monoisotopic (exact) mass is 293 g/mol. The second-order valence-corrected chi connectivity index (χ2v) is 5.07. The van der Waals surface area contributed by atoms with Gasteiger partial charge in [-0.1, -0.05) is 11.6 Å². The highest BCUT2D eigenvalue weighted by Crippen LogP contribution is 2.26. The van der Waals surface area contributed by atoms with Gasteiger partial charge in [-0.15, -0.1) is 0 Å². The van der Waals surface area contributed by atoms with E-state index in [-0.39, 0.29) is 11.8 Å². The molecule has 0 radical (unpaired) electrons. The Hall–Kier alpha value is -2.01. The summed E-state index contributed by atoms with van der Waals surface area (Å²) in [7, 11) is 1.51. The molecule has 1 heterocycles. The molecule has 0 saturated heterocycles. The van der Waals surface area contributed by atoms with Gasteiger partial charge >= 0.3 is 0 Å². The number of hydrogen-bond donors (Lipinski definition) is 1. The highest BCUT2D eigenvalue weighted by Gasteiger charge is 2.22. The molecule has 1 aromatic carbocycles. The van der Waals surface area contributed by atoms with Crippen molar-refractivity contribution < 1.29 is 9.53 Å². The van der Waals surface area contributed by atoms with Gasteiger partial charge in [0.2, 0.25) is 5.78 Å². The fourth-order valence-electron chi connectivity index (χ4n) is 1.91. The molecule has 0 atom stereocenters. The van der Waals surface area contributed by atoms with Crippen LogP contribution in [0.1, 0.15) is 35.9 Å². The molecular weight excluding hydrogens is 278 g/mol. The molecule has 0 spiro atoms. The Kier molecular flexibility index (Phi) is 3.99. The molecule has 5 nitrogen and oxygen atoms in total. The van der Waals surface area contributed by atoms with Crippen LogP contribution in [-0.4, -0.2) is 22.7 Å². The molecule has 0 aliphatic rings. The largest absolute Gasteiger partial charge is 0.493 e. The van der Waals surface area contributed by atoms with E-state index in [1.54, 1.807) is 22.9 Å². The Morgan fingerprint density at radius 2 is 2.15 bits per heavy atom. The van der Waals surface area contributed by atoms with Crippen molar-refractivity contribution in [2.75, 3.05) is 12.8 Å². The maximum absolute atomic E-state index is 12.6. The number of nitrogens with two attached hydrogens (primary N) is 1. The fraction of sp³-hybridized carbons (Fsp3) is 0.286. The summed E-state index contributed by atoms with van der Waals surface area (Å²) in [5.41, 5.74) is 6.95. The standard InChI is InChI=1S/C14H16ClN3O2/c1-8(2)18-13(12(20-3)7-17-18)14(19)9-4-5-11(16)10(15)6-9/h4-8H,16H2,1-3H3. The molecule has 6 heteroatoms. The predicted molar refractivity (Wildman–Crippen MR) is 78.5 cm³/mol. The Morgan fingerprint density at radius 1 is 1.45 bits per heavy atom. The van der Waals surface area contributed by atoms with E-state index in [0.717, 1.165) is 0 Å². The van der Waals surface area contributed by atoms with Crippen LogP contribution in [0.2, 0.25) is 5.02 Å². The molecule has 2 N–H and O–H groups in total. The number of halogens is 1. The number of ether oxygens (including phenoxy) is 1. The van der Waals surface area contributed by atoms with Crippen LogP contribution in [-0.2, 0) is 0 Å². The van der Waals surface area contributed by atoms with Gasteiger partial charge in [0.15, 0.2) is 11.4 Å². The topological polar surface area (TPSA) is 70.1 Å². The molecule has 0 amide bonds. The summed E-state index contributed by atoms with van der Waals surface area (Å²) in [5, 5.41) is 4.54. The van der Waals surface area contributed by atoms with Gasteiger partial charge in [-0.05, 0) is 32.0 Å². The van der Waals surface area contributed by atoms with E-state index in [4.69, 9.17) is 22.1 Å². The fourth-order valence-corrected chi connectivity index (χ4v) is 2.09. The van der Waals surface area contributed by atoms with E-state index < -0.39 is 0 Å². The van der Waals surface area contributed by atoms with Crippen LogP contribution in [0, 0.1) is 0 Å². The zero-order valence-corrected chi connectivity index (χ0v) is 12.3. The molecule has 0 saturated carbocycles. The van der Waals surface area contributed by atoms with E-state index >= 15 is 0 Å². The number of carbonyl (C=O) groups is 1. The Bertz CT molecular complexity index is 650.